The Hall–Kier alpha value is 0.310. The molecule has 0 radical (unpaired) electrons. The minimum absolute atomic E-state index is 0.476. The van der Waals surface area contributed by atoms with Crippen molar-refractivity contribution in [2.75, 3.05) is 5.75 Å². The largest absolute Gasteiger partial charge is 0.299 e. The highest BCUT2D eigenvalue weighted by molar-refractivity contribution is 8.00. The van der Waals surface area contributed by atoms with Crippen LogP contribution in [0.1, 0.15) is 46.0 Å². The fourth-order valence-corrected chi connectivity index (χ4v) is 4.08. The van der Waals surface area contributed by atoms with Crippen molar-refractivity contribution < 1.29 is 0 Å². The highest BCUT2D eigenvalue weighted by Gasteiger charge is 2.38. The van der Waals surface area contributed by atoms with Gasteiger partial charge in [0.25, 0.3) is 0 Å². The smallest absolute Gasteiger partial charge is 0.0648 e. The molecule has 1 saturated heterocycles. The molecular weight excluding hydrogens is 178 g/mol. The van der Waals surface area contributed by atoms with Gasteiger partial charge in [0.15, 0.2) is 0 Å². The van der Waals surface area contributed by atoms with Crippen molar-refractivity contribution in [3.05, 3.63) is 0 Å². The predicted octanol–water partition coefficient (Wildman–Crippen LogP) is 3.01. The van der Waals surface area contributed by atoms with Crippen LogP contribution in [0.25, 0.3) is 0 Å². The molecule has 2 fully saturated rings. The van der Waals surface area contributed by atoms with Gasteiger partial charge in [-0.25, -0.2) is 0 Å². The van der Waals surface area contributed by atoms with Gasteiger partial charge in [0.1, 0.15) is 0 Å². The van der Waals surface area contributed by atoms with Gasteiger partial charge < -0.3 is 0 Å². The fourth-order valence-electron chi connectivity index (χ4n) is 2.59. The predicted molar refractivity (Wildman–Crippen MR) is 60.0 cm³/mol. The van der Waals surface area contributed by atoms with Crippen LogP contribution in [0.4, 0.5) is 0 Å². The second kappa shape index (κ2) is 3.82. The zero-order valence-electron chi connectivity index (χ0n) is 8.81. The summed E-state index contributed by atoms with van der Waals surface area (Å²) in [7, 11) is 0. The third-order valence-electron chi connectivity index (χ3n) is 3.44. The molecule has 1 aliphatic heterocycles. The van der Waals surface area contributed by atoms with Crippen molar-refractivity contribution in [2.24, 2.45) is 5.92 Å². The van der Waals surface area contributed by atoms with Crippen LogP contribution in [0.15, 0.2) is 0 Å². The maximum Gasteiger partial charge on any atom is 0.0648 e. The van der Waals surface area contributed by atoms with E-state index in [1.807, 2.05) is 0 Å². The normalized spacial score (nSPS) is 46.6. The van der Waals surface area contributed by atoms with Gasteiger partial charge in [-0.2, -0.15) is 0 Å². The lowest BCUT2D eigenvalue weighted by Crippen LogP contribution is -2.40. The molecule has 1 saturated carbocycles. The summed E-state index contributed by atoms with van der Waals surface area (Å²) in [6.45, 7) is 4.72. The molecule has 1 aliphatic carbocycles. The highest BCUT2D eigenvalue weighted by atomic mass is 32.2. The van der Waals surface area contributed by atoms with E-state index in [0.29, 0.717) is 4.87 Å². The first-order valence-electron chi connectivity index (χ1n) is 5.62. The first-order chi connectivity index (χ1) is 6.20. The summed E-state index contributed by atoms with van der Waals surface area (Å²) < 4.78 is 0. The Bertz CT molecular complexity index is 181. The molecule has 1 nitrogen and oxygen atoms in total. The van der Waals surface area contributed by atoms with Gasteiger partial charge in [0, 0.05) is 11.8 Å². The molecular formula is C11H21NS. The number of hydrogen-bond donors (Lipinski definition) is 1. The standard InChI is InChI=1S/C11H21NS/c1-9-4-3-6-11(7-5-9)12-10(2)8-13-11/h9-10,12H,3-8H2,1-2H3. The van der Waals surface area contributed by atoms with Gasteiger partial charge in [-0.3, -0.25) is 5.32 Å². The quantitative estimate of drug-likeness (QED) is 0.643. The van der Waals surface area contributed by atoms with Crippen LogP contribution >= 0.6 is 11.8 Å². The first kappa shape index (κ1) is 9.85. The van der Waals surface area contributed by atoms with Crippen LogP contribution in [0, 0.1) is 5.92 Å². The van der Waals surface area contributed by atoms with Crippen LogP contribution in [-0.4, -0.2) is 16.7 Å². The van der Waals surface area contributed by atoms with E-state index in [9.17, 15) is 0 Å². The Balaban J connectivity index is 1.98. The summed E-state index contributed by atoms with van der Waals surface area (Å²) in [6.07, 6.45) is 7.08. The number of thioether (sulfide) groups is 1. The number of nitrogens with one attached hydrogen (secondary N) is 1. The Morgan fingerprint density at radius 1 is 1.23 bits per heavy atom. The molecule has 1 spiro atoms. The average molecular weight is 199 g/mol. The molecule has 0 aromatic rings. The molecule has 2 heteroatoms. The number of rotatable bonds is 0. The van der Waals surface area contributed by atoms with Crippen molar-refractivity contribution in [3.8, 4) is 0 Å². The Morgan fingerprint density at radius 2 is 2.08 bits per heavy atom. The van der Waals surface area contributed by atoms with Crippen molar-refractivity contribution in [1.82, 2.24) is 5.32 Å². The van der Waals surface area contributed by atoms with E-state index in [-0.39, 0.29) is 0 Å². The lowest BCUT2D eigenvalue weighted by molar-refractivity contribution is 0.401. The third kappa shape index (κ3) is 2.21. The van der Waals surface area contributed by atoms with E-state index in [1.54, 1.807) is 0 Å². The highest BCUT2D eigenvalue weighted by Crippen LogP contribution is 2.42. The van der Waals surface area contributed by atoms with E-state index < -0.39 is 0 Å². The van der Waals surface area contributed by atoms with Crippen molar-refractivity contribution in [1.29, 1.82) is 0 Å². The summed E-state index contributed by atoms with van der Waals surface area (Å²) in [5.41, 5.74) is 0. The molecule has 3 unspecified atom stereocenters. The molecule has 1 heterocycles. The summed E-state index contributed by atoms with van der Waals surface area (Å²) in [5, 5.41) is 3.79. The Morgan fingerprint density at radius 3 is 2.77 bits per heavy atom. The van der Waals surface area contributed by atoms with Crippen LogP contribution in [0.2, 0.25) is 0 Å². The molecule has 1 N–H and O–H groups in total. The molecule has 0 bridgehead atoms. The second-order valence-corrected chi connectivity index (χ2v) is 6.29. The lowest BCUT2D eigenvalue weighted by Gasteiger charge is -2.27. The van der Waals surface area contributed by atoms with E-state index >= 15 is 0 Å². The van der Waals surface area contributed by atoms with Crippen LogP contribution in [-0.2, 0) is 0 Å². The zero-order chi connectivity index (χ0) is 9.31. The zero-order valence-corrected chi connectivity index (χ0v) is 9.62. The van der Waals surface area contributed by atoms with Gasteiger partial charge in [-0.15, -0.1) is 11.8 Å². The summed E-state index contributed by atoms with van der Waals surface area (Å²) in [6, 6.07) is 0.735. The maximum absolute atomic E-state index is 3.79. The second-order valence-electron chi connectivity index (χ2n) is 4.89. The molecule has 76 valence electrons. The minimum atomic E-state index is 0.476. The van der Waals surface area contributed by atoms with Crippen LogP contribution in [0.3, 0.4) is 0 Å². The fraction of sp³-hybridized carbons (Fsp3) is 1.00. The maximum atomic E-state index is 3.79. The molecule has 2 aliphatic rings. The van der Waals surface area contributed by atoms with Gasteiger partial charge in [-0.1, -0.05) is 19.8 Å². The van der Waals surface area contributed by atoms with Gasteiger partial charge in [0.2, 0.25) is 0 Å². The van der Waals surface area contributed by atoms with E-state index in [1.165, 1.54) is 37.9 Å². The third-order valence-corrected chi connectivity index (χ3v) is 5.18. The van der Waals surface area contributed by atoms with Gasteiger partial charge in [0.05, 0.1) is 4.87 Å². The molecule has 0 aromatic carbocycles. The van der Waals surface area contributed by atoms with E-state index in [4.69, 9.17) is 0 Å². The van der Waals surface area contributed by atoms with Gasteiger partial charge >= 0.3 is 0 Å². The SMILES string of the molecule is CC1CCCC2(CC1)NC(C)CS2. The van der Waals surface area contributed by atoms with Crippen molar-refractivity contribution in [2.45, 2.75) is 56.9 Å². The monoisotopic (exact) mass is 199 g/mol. The van der Waals surface area contributed by atoms with Crippen LogP contribution < -0.4 is 5.32 Å². The molecule has 0 aromatic heterocycles. The lowest BCUT2D eigenvalue weighted by atomic mass is 10.0. The van der Waals surface area contributed by atoms with Crippen molar-refractivity contribution in [3.63, 3.8) is 0 Å². The average Bonchev–Trinajstić information content (AvgIpc) is 2.35. The van der Waals surface area contributed by atoms with Crippen molar-refractivity contribution >= 4 is 11.8 Å². The minimum Gasteiger partial charge on any atom is -0.299 e. The number of hydrogen-bond acceptors (Lipinski definition) is 2. The summed E-state index contributed by atoms with van der Waals surface area (Å²) in [4.78, 5) is 0.476. The molecule has 3 atom stereocenters. The Labute approximate surface area is 86.0 Å². The molecule has 13 heavy (non-hydrogen) atoms. The van der Waals surface area contributed by atoms with E-state index in [0.717, 1.165) is 12.0 Å². The molecule has 2 rings (SSSR count). The van der Waals surface area contributed by atoms with Crippen LogP contribution in [0.5, 0.6) is 0 Å². The molecule has 0 amide bonds. The first-order valence-corrected chi connectivity index (χ1v) is 6.60. The summed E-state index contributed by atoms with van der Waals surface area (Å²) in [5.74, 6) is 2.27. The van der Waals surface area contributed by atoms with E-state index in [2.05, 4.69) is 30.9 Å². The Kier molecular flexibility index (Phi) is 2.89. The topological polar surface area (TPSA) is 12.0 Å². The summed E-state index contributed by atoms with van der Waals surface area (Å²) >= 11 is 2.18. The van der Waals surface area contributed by atoms with Gasteiger partial charge in [-0.05, 0) is 32.1 Å².